The van der Waals surface area contributed by atoms with Crippen LogP contribution in [0.15, 0.2) is 21.8 Å². The highest BCUT2D eigenvalue weighted by Crippen LogP contribution is 2.52. The number of pyridine rings is 1. The average molecular weight is 588 g/mol. The molecule has 1 aromatic heterocycles. The number of halogens is 1. The van der Waals surface area contributed by atoms with Crippen LogP contribution in [0.2, 0.25) is 5.02 Å². The van der Waals surface area contributed by atoms with Crippen LogP contribution in [0.5, 0.6) is 11.5 Å². The molecule has 2 aromatic rings. The predicted octanol–water partition coefficient (Wildman–Crippen LogP) is 4.92. The Morgan fingerprint density at radius 3 is 2.48 bits per heavy atom. The Morgan fingerprint density at radius 2 is 1.80 bits per heavy atom. The van der Waals surface area contributed by atoms with Gasteiger partial charge in [0.15, 0.2) is 11.5 Å². The Bertz CT molecular complexity index is 1360. The third kappa shape index (κ3) is 5.03. The van der Waals surface area contributed by atoms with Crippen LogP contribution in [-0.2, 0) is 11.3 Å². The summed E-state index contributed by atoms with van der Waals surface area (Å²) in [6, 6.07) is 4.16. The zero-order chi connectivity index (χ0) is 28.2. The normalized spacial score (nSPS) is 29.5. The van der Waals surface area contributed by atoms with Crippen LogP contribution in [0.25, 0.3) is 0 Å². The van der Waals surface area contributed by atoms with Gasteiger partial charge in [0, 0.05) is 77.6 Å². The molecule has 4 heterocycles. The molecule has 0 radical (unpaired) electrons. The number of hydrogen-bond acceptors (Lipinski definition) is 7. The summed E-state index contributed by atoms with van der Waals surface area (Å²) in [5, 5.41) is 3.25. The number of carbonyl (C=O) groups is 1. The number of nitrogens with zero attached hydrogens (tertiary/aromatic N) is 1. The predicted molar refractivity (Wildman–Crippen MR) is 156 cm³/mol. The van der Waals surface area contributed by atoms with Crippen molar-refractivity contribution in [2.45, 2.75) is 69.7 Å². The van der Waals surface area contributed by atoms with Crippen LogP contribution in [0.4, 0.5) is 0 Å². The lowest BCUT2D eigenvalue weighted by Crippen LogP contribution is -2.47. The molecule has 1 amide bonds. The molecule has 10 heteroatoms. The maximum absolute atomic E-state index is 13.3. The number of aromatic amines is 1. The Hall–Kier alpha value is -2.20. The topological polar surface area (TPSA) is 92.9 Å². The minimum absolute atomic E-state index is 0.114. The maximum atomic E-state index is 13.3. The lowest BCUT2D eigenvalue weighted by atomic mass is 9.81. The van der Waals surface area contributed by atoms with E-state index in [2.05, 4.69) is 15.2 Å². The van der Waals surface area contributed by atoms with E-state index in [1.807, 2.05) is 33.1 Å². The van der Waals surface area contributed by atoms with Crippen molar-refractivity contribution in [3.05, 3.63) is 49.9 Å². The van der Waals surface area contributed by atoms with Crippen molar-refractivity contribution in [3.8, 4) is 11.5 Å². The molecule has 1 aromatic carbocycles. The van der Waals surface area contributed by atoms with Gasteiger partial charge in [-0.1, -0.05) is 11.6 Å². The van der Waals surface area contributed by atoms with E-state index in [1.54, 1.807) is 6.07 Å². The van der Waals surface area contributed by atoms with Crippen molar-refractivity contribution in [1.82, 2.24) is 15.2 Å². The molecule has 2 saturated heterocycles. The summed E-state index contributed by atoms with van der Waals surface area (Å²) in [5.74, 6) is 1.54. The molecule has 1 saturated carbocycles. The summed E-state index contributed by atoms with van der Waals surface area (Å²) in [6.45, 7) is 9.96. The van der Waals surface area contributed by atoms with Crippen LogP contribution in [0.1, 0.15) is 59.8 Å². The number of ether oxygens (including phenoxy) is 3. The highest BCUT2D eigenvalue weighted by atomic mass is 35.5. The lowest BCUT2D eigenvalue weighted by molar-refractivity contribution is -0.124. The molecule has 3 aliphatic heterocycles. The first-order chi connectivity index (χ1) is 19.2. The highest BCUT2D eigenvalue weighted by molar-refractivity contribution is 7.98. The molecule has 4 aliphatic rings. The average Bonchev–Trinajstić information content (AvgIpc) is 3.64. The summed E-state index contributed by atoms with van der Waals surface area (Å²) in [4.78, 5) is 32.1. The molecular formula is C30H38ClN3O5S. The molecule has 8 nitrogen and oxygen atoms in total. The van der Waals surface area contributed by atoms with Gasteiger partial charge in [-0.3, -0.25) is 14.5 Å². The Balaban J connectivity index is 1.12. The van der Waals surface area contributed by atoms with Gasteiger partial charge in [-0.15, -0.1) is 11.8 Å². The molecule has 3 fully saturated rings. The van der Waals surface area contributed by atoms with Gasteiger partial charge in [-0.2, -0.15) is 0 Å². The number of thioether (sulfide) groups is 1. The van der Waals surface area contributed by atoms with Crippen LogP contribution in [-0.4, -0.2) is 60.2 Å². The fraction of sp³-hybridized carbons (Fsp3) is 0.600. The zero-order valence-electron chi connectivity index (χ0n) is 23.6. The number of likely N-dealkylation sites (tertiary alicyclic amines) is 1. The lowest BCUT2D eigenvalue weighted by Gasteiger charge is -2.40. The van der Waals surface area contributed by atoms with Gasteiger partial charge in [0.05, 0.1) is 18.2 Å². The molecule has 6 rings (SSSR count). The number of nitrogens with one attached hydrogen (secondary N) is 2. The highest BCUT2D eigenvalue weighted by Gasteiger charge is 2.49. The van der Waals surface area contributed by atoms with Gasteiger partial charge in [0.1, 0.15) is 0 Å². The molecule has 3 atom stereocenters. The van der Waals surface area contributed by atoms with Crippen molar-refractivity contribution in [2.24, 2.45) is 17.8 Å². The first kappa shape index (κ1) is 27.9. The fourth-order valence-corrected chi connectivity index (χ4v) is 7.97. The number of hydrogen-bond donors (Lipinski definition) is 2. The third-order valence-electron chi connectivity index (χ3n) is 9.39. The van der Waals surface area contributed by atoms with Gasteiger partial charge in [0.25, 0.3) is 17.3 Å². The van der Waals surface area contributed by atoms with E-state index >= 15 is 0 Å². The van der Waals surface area contributed by atoms with Gasteiger partial charge < -0.3 is 24.5 Å². The van der Waals surface area contributed by atoms with Crippen molar-refractivity contribution in [1.29, 1.82) is 0 Å². The second kappa shape index (κ2) is 10.9. The second-order valence-electron chi connectivity index (χ2n) is 11.9. The summed E-state index contributed by atoms with van der Waals surface area (Å²) in [6.07, 6.45) is 6.20. The van der Waals surface area contributed by atoms with Crippen LogP contribution in [0.3, 0.4) is 0 Å². The molecular weight excluding hydrogens is 550 g/mol. The number of fused-ring (bicyclic) bond motifs is 2. The van der Waals surface area contributed by atoms with Gasteiger partial charge >= 0.3 is 0 Å². The van der Waals surface area contributed by atoms with Crippen molar-refractivity contribution >= 4 is 29.3 Å². The number of aryl methyl sites for hydroxylation is 1. The standard InChI is InChI=1S/C30H38ClN3O5S/c1-16-9-25(40-4)23(29(36)33-16)11-32-28(35)22-10-24(31)27-26(17(22)2)38-30(3,39-27)20-5-7-21(8-6-20)34-12-18-14-37-15-19(18)13-34/h9-10,18-21H,5-8,11-15H2,1-4H3,(H,32,35)(H,33,36)/t18?,19?,20-,21-,30?. The molecule has 2 N–H and O–H groups in total. The SMILES string of the molecule is CSc1cc(C)[nH]c(=O)c1CNC(=O)c1cc(Cl)c2c(c1C)OC(C)([C@H]1CC[C@H](N3CC4COCC4C3)CC1)O2. The molecule has 216 valence electrons. The van der Waals surface area contributed by atoms with E-state index in [0.29, 0.717) is 51.1 Å². The molecule has 0 bridgehead atoms. The van der Waals surface area contributed by atoms with Crippen molar-refractivity contribution in [2.75, 3.05) is 32.6 Å². The molecule has 1 aliphatic carbocycles. The summed E-state index contributed by atoms with van der Waals surface area (Å²) >= 11 is 8.14. The third-order valence-corrected chi connectivity index (χ3v) is 10.5. The van der Waals surface area contributed by atoms with E-state index in [9.17, 15) is 9.59 Å². The quantitative estimate of drug-likeness (QED) is 0.463. The molecule has 3 unspecified atom stereocenters. The van der Waals surface area contributed by atoms with E-state index in [-0.39, 0.29) is 23.9 Å². The number of rotatable bonds is 6. The minimum Gasteiger partial charge on any atom is -0.448 e. The van der Waals surface area contributed by atoms with Gasteiger partial charge in [0.2, 0.25) is 0 Å². The number of benzene rings is 1. The number of amides is 1. The number of aromatic nitrogens is 1. The number of H-pyrrole nitrogens is 1. The van der Waals surface area contributed by atoms with Crippen LogP contribution in [0, 0.1) is 31.6 Å². The Kier molecular flexibility index (Phi) is 7.61. The first-order valence-electron chi connectivity index (χ1n) is 14.2. The second-order valence-corrected chi connectivity index (χ2v) is 13.2. The maximum Gasteiger partial charge on any atom is 0.254 e. The van der Waals surface area contributed by atoms with Gasteiger partial charge in [-0.05, 0) is 57.9 Å². The van der Waals surface area contributed by atoms with Crippen molar-refractivity contribution in [3.63, 3.8) is 0 Å². The minimum atomic E-state index is -0.825. The molecule has 0 spiro atoms. The molecule has 40 heavy (non-hydrogen) atoms. The zero-order valence-corrected chi connectivity index (χ0v) is 25.2. The Labute approximate surface area is 244 Å². The summed E-state index contributed by atoms with van der Waals surface area (Å²) in [7, 11) is 0. The number of carbonyl (C=O) groups excluding carboxylic acids is 1. The smallest absolute Gasteiger partial charge is 0.254 e. The first-order valence-corrected chi connectivity index (χ1v) is 15.8. The monoisotopic (exact) mass is 587 g/mol. The van der Waals surface area contributed by atoms with Crippen LogP contribution >= 0.6 is 23.4 Å². The summed E-state index contributed by atoms with van der Waals surface area (Å²) in [5.41, 5.74) is 2.22. The van der Waals surface area contributed by atoms with Crippen molar-refractivity contribution < 1.29 is 19.0 Å². The van der Waals surface area contributed by atoms with E-state index in [0.717, 1.165) is 62.6 Å². The summed E-state index contributed by atoms with van der Waals surface area (Å²) < 4.78 is 18.6. The van der Waals surface area contributed by atoms with Crippen LogP contribution < -0.4 is 20.3 Å². The van der Waals surface area contributed by atoms with E-state index in [1.165, 1.54) is 11.8 Å². The van der Waals surface area contributed by atoms with Gasteiger partial charge in [-0.25, -0.2) is 0 Å². The Morgan fingerprint density at radius 1 is 1.12 bits per heavy atom. The van der Waals surface area contributed by atoms with E-state index in [4.69, 9.17) is 25.8 Å². The fourth-order valence-electron chi connectivity index (χ4n) is 7.03. The van der Waals surface area contributed by atoms with E-state index < -0.39 is 5.79 Å². The largest absolute Gasteiger partial charge is 0.448 e.